The number of sulfonamides is 1. The minimum Gasteiger partial charge on any atom is -0.395 e. The normalized spacial score (nSPS) is 27.0. The number of hydrogen-bond donors (Lipinski definition) is 1. The van der Waals surface area contributed by atoms with Gasteiger partial charge in [0, 0.05) is 55.4 Å². The fourth-order valence-electron chi connectivity index (χ4n) is 6.57. The first kappa shape index (κ1) is 21.6. The van der Waals surface area contributed by atoms with Crippen LogP contribution in [0.4, 0.5) is 5.82 Å². The summed E-state index contributed by atoms with van der Waals surface area (Å²) in [6, 6.07) is 1.82. The summed E-state index contributed by atoms with van der Waals surface area (Å²) in [5.74, 6) is 0.589. The molecule has 8 heteroatoms. The maximum absolute atomic E-state index is 14.0. The number of pyridine rings is 1. The fourth-order valence-corrected chi connectivity index (χ4v) is 8.81. The van der Waals surface area contributed by atoms with Crippen LogP contribution in [0.15, 0.2) is 17.2 Å². The Hall–Kier alpha value is -1.22. The highest BCUT2D eigenvalue weighted by Gasteiger charge is 2.71. The number of aliphatic hydroxyl groups is 1. The zero-order chi connectivity index (χ0) is 22.1. The summed E-state index contributed by atoms with van der Waals surface area (Å²) in [7, 11) is -3.61. The van der Waals surface area contributed by atoms with Crippen LogP contribution in [0.3, 0.4) is 0 Å². The van der Waals surface area contributed by atoms with Gasteiger partial charge in [0.1, 0.15) is 10.7 Å². The number of piperazine rings is 1. The van der Waals surface area contributed by atoms with E-state index in [-0.39, 0.29) is 23.1 Å². The SMILES string of the molecule is Cc1cnc(N2CCN(CCO)C(C)(C)C2)c(S(=O)(=O)N2CC3(CCC3)C23CCC3)c1. The van der Waals surface area contributed by atoms with E-state index >= 15 is 0 Å². The van der Waals surface area contributed by atoms with Crippen molar-refractivity contribution in [3.63, 3.8) is 0 Å². The molecule has 172 valence electrons. The van der Waals surface area contributed by atoms with Crippen LogP contribution in [0.5, 0.6) is 0 Å². The first-order valence-corrected chi connectivity index (χ1v) is 13.2. The van der Waals surface area contributed by atoms with Gasteiger partial charge in [-0.2, -0.15) is 4.31 Å². The molecule has 0 bridgehead atoms. The topological polar surface area (TPSA) is 77.0 Å². The zero-order valence-electron chi connectivity index (χ0n) is 19.1. The van der Waals surface area contributed by atoms with Crippen molar-refractivity contribution in [2.45, 2.75) is 75.3 Å². The van der Waals surface area contributed by atoms with Gasteiger partial charge in [0.25, 0.3) is 0 Å². The summed E-state index contributed by atoms with van der Waals surface area (Å²) in [6.07, 6.45) is 8.52. The number of rotatable bonds is 5. The van der Waals surface area contributed by atoms with E-state index in [1.807, 2.05) is 17.3 Å². The summed E-state index contributed by atoms with van der Waals surface area (Å²) in [5.41, 5.74) is 0.816. The van der Waals surface area contributed by atoms with Crippen molar-refractivity contribution in [2.24, 2.45) is 5.41 Å². The summed E-state index contributed by atoms with van der Waals surface area (Å²) >= 11 is 0. The molecule has 2 saturated carbocycles. The molecule has 0 unspecified atom stereocenters. The van der Waals surface area contributed by atoms with Crippen molar-refractivity contribution in [3.8, 4) is 0 Å². The fraction of sp³-hybridized carbons (Fsp3) is 0.783. The maximum Gasteiger partial charge on any atom is 0.247 e. The van der Waals surface area contributed by atoms with Gasteiger partial charge >= 0.3 is 0 Å². The van der Waals surface area contributed by atoms with Crippen molar-refractivity contribution in [2.75, 3.05) is 44.2 Å². The first-order chi connectivity index (χ1) is 14.7. The van der Waals surface area contributed by atoms with E-state index in [4.69, 9.17) is 0 Å². The number of hydrogen-bond acceptors (Lipinski definition) is 6. The monoisotopic (exact) mass is 448 g/mol. The zero-order valence-corrected chi connectivity index (χ0v) is 19.9. The largest absolute Gasteiger partial charge is 0.395 e. The van der Waals surface area contributed by atoms with Gasteiger partial charge in [-0.1, -0.05) is 6.42 Å². The third-order valence-corrected chi connectivity index (χ3v) is 10.6. The average Bonchev–Trinajstić information content (AvgIpc) is 2.60. The van der Waals surface area contributed by atoms with Gasteiger partial charge in [-0.05, 0) is 64.5 Å². The van der Waals surface area contributed by atoms with E-state index in [1.165, 1.54) is 19.3 Å². The summed E-state index contributed by atoms with van der Waals surface area (Å²) in [5, 5.41) is 9.40. The summed E-state index contributed by atoms with van der Waals surface area (Å²) in [6.45, 7) is 9.82. The van der Waals surface area contributed by atoms with E-state index in [1.54, 1.807) is 6.20 Å². The minimum atomic E-state index is -3.61. The highest BCUT2D eigenvalue weighted by atomic mass is 32.2. The van der Waals surface area contributed by atoms with Crippen molar-refractivity contribution >= 4 is 15.8 Å². The number of aliphatic hydroxyl groups excluding tert-OH is 1. The lowest BCUT2D eigenvalue weighted by molar-refractivity contribution is -0.194. The van der Waals surface area contributed by atoms with Gasteiger partial charge in [-0.15, -0.1) is 0 Å². The predicted molar refractivity (Wildman–Crippen MR) is 121 cm³/mol. The third-order valence-electron chi connectivity index (χ3n) is 8.68. The van der Waals surface area contributed by atoms with Crippen molar-refractivity contribution in [1.82, 2.24) is 14.2 Å². The van der Waals surface area contributed by atoms with E-state index in [9.17, 15) is 13.5 Å². The van der Waals surface area contributed by atoms with Gasteiger partial charge in [-0.3, -0.25) is 4.90 Å². The number of fused-ring (bicyclic) bond motifs is 1. The molecular weight excluding hydrogens is 412 g/mol. The van der Waals surface area contributed by atoms with E-state index in [0.717, 1.165) is 31.4 Å². The average molecular weight is 449 g/mol. The molecule has 3 heterocycles. The molecule has 2 saturated heterocycles. The Morgan fingerprint density at radius 2 is 1.81 bits per heavy atom. The molecule has 1 aromatic heterocycles. The lowest BCUT2D eigenvalue weighted by atomic mass is 9.45. The van der Waals surface area contributed by atoms with Crippen molar-refractivity contribution < 1.29 is 13.5 Å². The Kier molecular flexibility index (Phi) is 4.98. The van der Waals surface area contributed by atoms with E-state index in [0.29, 0.717) is 36.9 Å². The molecule has 0 aromatic carbocycles. The third kappa shape index (κ3) is 3.01. The second kappa shape index (κ2) is 7.14. The van der Waals surface area contributed by atoms with E-state index < -0.39 is 10.0 Å². The quantitative estimate of drug-likeness (QED) is 0.745. The van der Waals surface area contributed by atoms with Crippen LogP contribution in [-0.2, 0) is 10.0 Å². The molecule has 0 amide bonds. The van der Waals surface area contributed by atoms with Crippen LogP contribution in [0.2, 0.25) is 0 Å². The Bertz CT molecular complexity index is 969. The lowest BCUT2D eigenvalue weighted by Gasteiger charge is -2.73. The molecule has 1 N–H and O–H groups in total. The number of aryl methyl sites for hydroxylation is 1. The second-order valence-corrected chi connectivity index (χ2v) is 12.6. The molecule has 2 aliphatic heterocycles. The molecule has 0 atom stereocenters. The molecule has 4 aliphatic rings. The number of aromatic nitrogens is 1. The standard InChI is InChI=1S/C23H36N4O3S/c1-18-14-19(20(24-15-18)25-10-11-26(12-13-28)21(2,3)16-25)31(29,30)27-17-22(6-4-7-22)23(27)8-5-9-23/h14-15,28H,4-13,16-17H2,1-3H3. The van der Waals surface area contributed by atoms with Crippen LogP contribution in [0, 0.1) is 12.3 Å². The van der Waals surface area contributed by atoms with Crippen LogP contribution < -0.4 is 4.90 Å². The second-order valence-electron chi connectivity index (χ2n) is 10.8. The molecule has 1 aromatic rings. The molecular formula is C23H36N4O3S. The lowest BCUT2D eigenvalue weighted by Crippen LogP contribution is -2.80. The highest BCUT2D eigenvalue weighted by molar-refractivity contribution is 7.89. The van der Waals surface area contributed by atoms with Gasteiger partial charge in [-0.25, -0.2) is 13.4 Å². The van der Waals surface area contributed by atoms with Crippen molar-refractivity contribution in [3.05, 3.63) is 17.8 Å². The minimum absolute atomic E-state index is 0.130. The summed E-state index contributed by atoms with van der Waals surface area (Å²) < 4.78 is 29.9. The predicted octanol–water partition coefficient (Wildman–Crippen LogP) is 2.38. The highest BCUT2D eigenvalue weighted by Crippen LogP contribution is 2.68. The first-order valence-electron chi connectivity index (χ1n) is 11.8. The Balaban J connectivity index is 1.48. The van der Waals surface area contributed by atoms with Gasteiger partial charge in [0.15, 0.2) is 0 Å². The van der Waals surface area contributed by atoms with Crippen LogP contribution in [0.1, 0.15) is 57.9 Å². The molecule has 4 fully saturated rings. The smallest absolute Gasteiger partial charge is 0.247 e. The summed E-state index contributed by atoms with van der Waals surface area (Å²) in [4.78, 5) is 9.43. The Labute approximate surface area is 186 Å². The molecule has 0 radical (unpaired) electrons. The molecule has 2 aliphatic carbocycles. The van der Waals surface area contributed by atoms with Gasteiger partial charge in [0.05, 0.1) is 6.61 Å². The maximum atomic E-state index is 14.0. The molecule has 7 nitrogen and oxygen atoms in total. The van der Waals surface area contributed by atoms with E-state index in [2.05, 4.69) is 28.6 Å². The number of nitrogens with zero attached hydrogens (tertiary/aromatic N) is 4. The molecule has 31 heavy (non-hydrogen) atoms. The number of β-amino-alcohol motifs (C(OH)–C–C–N with tert-alkyl or cyclic N) is 1. The van der Waals surface area contributed by atoms with Crippen LogP contribution >= 0.6 is 0 Å². The molecule has 5 rings (SSSR count). The van der Waals surface area contributed by atoms with Crippen molar-refractivity contribution in [1.29, 1.82) is 0 Å². The Morgan fingerprint density at radius 3 is 2.35 bits per heavy atom. The van der Waals surface area contributed by atoms with Crippen LogP contribution in [0.25, 0.3) is 0 Å². The Morgan fingerprint density at radius 1 is 1.10 bits per heavy atom. The molecule has 2 spiro atoms. The number of anilines is 1. The van der Waals surface area contributed by atoms with Gasteiger partial charge in [0.2, 0.25) is 10.0 Å². The van der Waals surface area contributed by atoms with Crippen LogP contribution in [-0.4, -0.2) is 78.1 Å². The van der Waals surface area contributed by atoms with Gasteiger partial charge < -0.3 is 10.0 Å².